The Labute approximate surface area is 586 Å². The molecule has 12 amide bonds. The Morgan fingerprint density at radius 2 is 1.26 bits per heavy atom. The third kappa shape index (κ3) is 27.6. The lowest BCUT2D eigenvalue weighted by molar-refractivity contribution is -0.142. The smallest absolute Gasteiger partial charge is 0.305 e. The van der Waals surface area contributed by atoms with Gasteiger partial charge in [0.1, 0.15) is 66.5 Å². The highest BCUT2D eigenvalue weighted by molar-refractivity contribution is 8.14. The number of H-pyrrole nitrogens is 1. The van der Waals surface area contributed by atoms with Gasteiger partial charge >= 0.3 is 11.9 Å². The van der Waals surface area contributed by atoms with E-state index in [1.54, 1.807) is 58.0 Å². The van der Waals surface area contributed by atoms with Crippen LogP contribution >= 0.6 is 11.8 Å². The Bertz CT molecular complexity index is 3160. The van der Waals surface area contributed by atoms with Crippen molar-refractivity contribution < 1.29 is 77.3 Å². The Morgan fingerprint density at radius 3 is 1.85 bits per heavy atom. The summed E-state index contributed by atoms with van der Waals surface area (Å²) in [4.78, 5) is 207. The topological polar surface area (TPSA) is 531 Å². The monoisotopic (exact) mass is 1420 g/mol. The van der Waals surface area contributed by atoms with Crippen molar-refractivity contribution in [2.75, 3.05) is 18.8 Å². The number of hydrogen-bond acceptors (Lipinski definition) is 19. The third-order valence-electron chi connectivity index (χ3n) is 17.5. The number of nitrogens with two attached hydrogens (primary N) is 3. The number of carbonyl (C=O) groups excluding carboxylic acids is 12. The van der Waals surface area contributed by atoms with Gasteiger partial charge < -0.3 is 90.9 Å². The van der Waals surface area contributed by atoms with Crippen molar-refractivity contribution >= 4 is 99.6 Å². The standard InChI is InChI=1S/C66H103N17O16S/c1-9-35(6)52(69)66-81-48(32-100-66)63(97)76-43(26-34(4)5)59(93)74-42(22-23-50(85)86)58(92)83-53(36(7)10-2)64(98)75-40-20-15-16-25-71-55(89)46(29-49(68)84)78-62(96)47(30-51(87)88)79-61(95)45(28-39-31-70-33-72-39)77-60(94)44(27-38-18-13-12-14-19-38)80-65(99)54(37(8)11-3)82-57(91)41(21-17-24-67)73-56(40)90/h12-14,18-19,31,33-37,40-48,52-54H,9-11,15-17,20-30,32,67,69H2,1-8H3,(H2,68,84)(H,70,72)(H,71,89)(H,73,90)(H,74,93)(H,75,98)(H,76,97)(H,77,94)(H,78,96)(H,79,95)(H,80,99)(H,82,91)(H,83,92)(H,85,86)(H,87,88)/t35-,36?,37?,40+,41?,42-,43+,44-,45+,46-,47+,48-,52-,53+,54+/m0/s1. The molecule has 0 bridgehead atoms. The van der Waals surface area contributed by atoms with Crippen molar-refractivity contribution in [3.8, 4) is 0 Å². The fourth-order valence-corrected chi connectivity index (χ4v) is 12.0. The fraction of sp³-hybridized carbons (Fsp3) is 0.636. The van der Waals surface area contributed by atoms with E-state index in [9.17, 15) is 77.3 Å². The molecule has 4 rings (SSSR count). The van der Waals surface area contributed by atoms with Gasteiger partial charge in [-0.15, -0.1) is 11.8 Å². The van der Waals surface area contributed by atoms with Crippen LogP contribution in [0.4, 0.5) is 0 Å². The molecule has 554 valence electrons. The van der Waals surface area contributed by atoms with Gasteiger partial charge in [0, 0.05) is 43.5 Å². The molecule has 3 heterocycles. The molecule has 0 aliphatic carbocycles. The van der Waals surface area contributed by atoms with Crippen molar-refractivity contribution in [2.24, 2.45) is 45.9 Å². The maximum atomic E-state index is 14.9. The number of aromatic nitrogens is 2. The van der Waals surface area contributed by atoms with Crippen molar-refractivity contribution in [3.63, 3.8) is 0 Å². The number of carboxylic acids is 2. The lowest BCUT2D eigenvalue weighted by Gasteiger charge is -2.30. The van der Waals surface area contributed by atoms with E-state index in [4.69, 9.17) is 17.2 Å². The molecule has 1 aromatic heterocycles. The third-order valence-corrected chi connectivity index (χ3v) is 18.6. The van der Waals surface area contributed by atoms with Gasteiger partial charge in [-0.3, -0.25) is 72.1 Å². The van der Waals surface area contributed by atoms with Crippen molar-refractivity contribution in [1.29, 1.82) is 0 Å². The second-order valence-corrected chi connectivity index (χ2v) is 27.0. The van der Waals surface area contributed by atoms with Gasteiger partial charge in [-0.25, -0.2) is 4.98 Å². The number of primary amides is 1. The summed E-state index contributed by atoms with van der Waals surface area (Å²) in [5, 5.41) is 49.1. The average molecular weight is 1420 g/mol. The minimum Gasteiger partial charge on any atom is -0.481 e. The quantitative estimate of drug-likeness (QED) is 0.0401. The first kappa shape index (κ1) is 83.4. The second kappa shape index (κ2) is 42.1. The molecule has 1 fully saturated rings. The van der Waals surface area contributed by atoms with E-state index in [0.717, 1.165) is 6.42 Å². The van der Waals surface area contributed by atoms with Crippen molar-refractivity contribution in [2.45, 2.75) is 224 Å². The number of hydrogen-bond donors (Lipinski definition) is 17. The van der Waals surface area contributed by atoms with Crippen LogP contribution in [0, 0.1) is 23.7 Å². The molecule has 1 aromatic carbocycles. The van der Waals surface area contributed by atoms with Crippen LogP contribution in [0.2, 0.25) is 0 Å². The predicted octanol–water partition coefficient (Wildman–Crippen LogP) is -1.68. The molecule has 0 saturated carbocycles. The number of carbonyl (C=O) groups is 14. The normalized spacial score (nSPS) is 23.1. The summed E-state index contributed by atoms with van der Waals surface area (Å²) in [5.41, 5.74) is 18.7. The van der Waals surface area contributed by atoms with E-state index in [2.05, 4.69) is 73.4 Å². The van der Waals surface area contributed by atoms with Gasteiger partial charge in [-0.1, -0.05) is 105 Å². The number of imidazole rings is 1. The number of rotatable bonds is 31. The van der Waals surface area contributed by atoms with Crippen LogP contribution in [-0.4, -0.2) is 199 Å². The molecular formula is C66H103N17O16S. The molecule has 0 radical (unpaired) electrons. The molecule has 100 heavy (non-hydrogen) atoms. The summed E-state index contributed by atoms with van der Waals surface area (Å²) >= 11 is 1.35. The summed E-state index contributed by atoms with van der Waals surface area (Å²) < 4.78 is 0. The van der Waals surface area contributed by atoms with Crippen LogP contribution in [0.25, 0.3) is 0 Å². The number of nitrogens with one attached hydrogen (secondary N) is 12. The average Bonchev–Trinajstić information content (AvgIpc) is 1.24. The van der Waals surface area contributed by atoms with Crippen molar-refractivity contribution in [3.05, 3.63) is 54.1 Å². The predicted molar refractivity (Wildman–Crippen MR) is 369 cm³/mol. The van der Waals surface area contributed by atoms with Gasteiger partial charge in [0.05, 0.1) is 30.3 Å². The summed E-state index contributed by atoms with van der Waals surface area (Å²) in [7, 11) is 0. The number of carboxylic acid groups (broad SMARTS) is 2. The van der Waals surface area contributed by atoms with E-state index >= 15 is 0 Å². The first-order valence-corrected chi connectivity index (χ1v) is 35.1. The van der Waals surface area contributed by atoms with Crippen molar-refractivity contribution in [1.82, 2.24) is 68.5 Å². The number of aromatic amines is 1. The Morgan fingerprint density at radius 1 is 0.660 bits per heavy atom. The zero-order chi connectivity index (χ0) is 74.3. The van der Waals surface area contributed by atoms with E-state index in [1.165, 1.54) is 24.3 Å². The Hall–Kier alpha value is -9.05. The SMILES string of the molecule is CCC(C)[C@H]1NC(=O)C(CCCN)NC(=O)[C@H](NC(=O)[C@H](NC(=O)[C@H](CCC(=O)O)NC(=O)[C@@H](CC(C)C)NC(=O)[C@@H]2CSC([C@@H](N)[C@@H](C)CC)=N2)C(C)CC)CCCCNC(=O)[C@H](CC(N)=O)NC(=O)[C@@H](CC(=O)O)NC(=O)[C@@H](Cc2cnc[nH]2)NC(=O)[C@H](Cc2ccccc2)NC1=O. The molecule has 15 atom stereocenters. The number of aliphatic carboxylic acids is 2. The van der Waals surface area contributed by atoms with E-state index in [1.807, 2.05) is 27.7 Å². The van der Waals surface area contributed by atoms with Gasteiger partial charge in [-0.2, -0.15) is 0 Å². The molecule has 3 unspecified atom stereocenters. The second-order valence-electron chi connectivity index (χ2n) is 26.0. The first-order valence-electron chi connectivity index (χ1n) is 34.1. The van der Waals surface area contributed by atoms with Gasteiger partial charge in [0.2, 0.25) is 70.9 Å². The zero-order valence-electron chi connectivity index (χ0n) is 58.2. The zero-order valence-corrected chi connectivity index (χ0v) is 59.0. The van der Waals surface area contributed by atoms with E-state index < -0.39 is 193 Å². The molecule has 1 saturated heterocycles. The highest BCUT2D eigenvalue weighted by atomic mass is 32.2. The summed E-state index contributed by atoms with van der Waals surface area (Å²) in [6.45, 7) is 14.1. The Kier molecular flexibility index (Phi) is 35.1. The van der Waals surface area contributed by atoms with Gasteiger partial charge in [0.15, 0.2) is 0 Å². The number of nitrogens with zero attached hydrogens (tertiary/aromatic N) is 2. The minimum absolute atomic E-state index is 0.00117. The van der Waals surface area contributed by atoms with Crippen LogP contribution in [0.1, 0.15) is 150 Å². The van der Waals surface area contributed by atoms with E-state index in [-0.39, 0.29) is 94.9 Å². The largest absolute Gasteiger partial charge is 0.481 e. The molecule has 2 aliphatic heterocycles. The Balaban J connectivity index is 1.77. The molecule has 0 spiro atoms. The molecular weight excluding hydrogens is 1320 g/mol. The fourth-order valence-electron chi connectivity index (χ4n) is 10.9. The molecule has 2 aromatic rings. The first-order chi connectivity index (χ1) is 47.4. The highest BCUT2D eigenvalue weighted by Gasteiger charge is 2.40. The number of benzene rings is 1. The number of amides is 12. The van der Waals surface area contributed by atoms with Crippen LogP contribution in [0.15, 0.2) is 47.8 Å². The maximum Gasteiger partial charge on any atom is 0.305 e. The highest BCUT2D eigenvalue weighted by Crippen LogP contribution is 2.25. The van der Waals surface area contributed by atoms with Crippen LogP contribution < -0.4 is 75.7 Å². The molecule has 34 heteroatoms. The maximum absolute atomic E-state index is 14.9. The van der Waals surface area contributed by atoms with Crippen LogP contribution in [-0.2, 0) is 80.0 Å². The number of thioether (sulfide) groups is 1. The molecule has 33 nitrogen and oxygen atoms in total. The van der Waals surface area contributed by atoms with Gasteiger partial charge in [-0.05, 0) is 80.7 Å². The number of aliphatic imine (C=N–C) groups is 1. The van der Waals surface area contributed by atoms with Gasteiger partial charge in [0.25, 0.3) is 0 Å². The summed E-state index contributed by atoms with van der Waals surface area (Å²) in [6, 6.07) is -8.34. The summed E-state index contributed by atoms with van der Waals surface area (Å²) in [5.74, 6) is -15.4. The van der Waals surface area contributed by atoms with E-state index in [0.29, 0.717) is 16.3 Å². The molecule has 2 aliphatic rings. The van der Waals surface area contributed by atoms with Crippen LogP contribution in [0.3, 0.4) is 0 Å². The minimum atomic E-state index is -1.94. The lowest BCUT2D eigenvalue weighted by atomic mass is 9.96. The molecule has 20 N–H and O–H groups in total. The lowest BCUT2D eigenvalue weighted by Crippen LogP contribution is -2.62. The van der Waals surface area contributed by atoms with Crippen LogP contribution in [0.5, 0.6) is 0 Å². The summed E-state index contributed by atoms with van der Waals surface area (Å²) in [6.07, 6.45) is 0.368.